The minimum atomic E-state index is -0.876. The van der Waals surface area contributed by atoms with Crippen LogP contribution in [-0.4, -0.2) is 39.7 Å². The van der Waals surface area contributed by atoms with Crippen molar-refractivity contribution in [3.8, 4) is 11.1 Å². The average Bonchev–Trinajstić information content (AvgIpc) is 3.50. The van der Waals surface area contributed by atoms with Gasteiger partial charge in [-0.15, -0.1) is 11.8 Å². The minimum Gasteiger partial charge on any atom is -0.481 e. The second-order valence-electron chi connectivity index (χ2n) is 6.80. The van der Waals surface area contributed by atoms with Gasteiger partial charge in [0.2, 0.25) is 5.91 Å². The van der Waals surface area contributed by atoms with Crippen LogP contribution in [-0.2, 0) is 22.6 Å². The summed E-state index contributed by atoms with van der Waals surface area (Å²) in [6.07, 6.45) is 7.30. The molecule has 1 aromatic heterocycles. The highest BCUT2D eigenvalue weighted by atomic mass is 32.2. The standard InChI is InChI=1S/C21H24N2O3S/c1-3-23(21(26)15-4-5-15)13-17-10-18(27-2)6-7-19(17)16-8-14(9-20(24)25)11-22-12-16/h6-8,10-12,15H,3-5,9,13H2,1-2H3,(H,24,25). The fourth-order valence-corrected chi connectivity index (χ4v) is 3.62. The number of thioether (sulfide) groups is 1. The molecule has 0 bridgehead atoms. The van der Waals surface area contributed by atoms with Crippen LogP contribution in [0.2, 0.25) is 0 Å². The molecule has 0 spiro atoms. The number of benzene rings is 1. The van der Waals surface area contributed by atoms with Gasteiger partial charge in [-0.25, -0.2) is 0 Å². The van der Waals surface area contributed by atoms with Gasteiger partial charge < -0.3 is 10.0 Å². The Balaban J connectivity index is 1.95. The summed E-state index contributed by atoms with van der Waals surface area (Å²) in [4.78, 5) is 30.9. The molecule has 0 unspecified atom stereocenters. The summed E-state index contributed by atoms with van der Waals surface area (Å²) < 4.78 is 0. The maximum atomic E-state index is 12.6. The van der Waals surface area contributed by atoms with Crippen molar-refractivity contribution in [2.24, 2.45) is 5.92 Å². The molecule has 142 valence electrons. The summed E-state index contributed by atoms with van der Waals surface area (Å²) in [5.74, 6) is -0.451. The van der Waals surface area contributed by atoms with Gasteiger partial charge in [-0.3, -0.25) is 14.6 Å². The highest BCUT2D eigenvalue weighted by Gasteiger charge is 2.33. The Morgan fingerprint density at radius 2 is 2.04 bits per heavy atom. The number of carboxylic acid groups (broad SMARTS) is 1. The fourth-order valence-electron chi connectivity index (χ4n) is 3.16. The summed E-state index contributed by atoms with van der Waals surface area (Å²) in [6.45, 7) is 3.24. The highest BCUT2D eigenvalue weighted by molar-refractivity contribution is 7.98. The Hall–Kier alpha value is -2.34. The lowest BCUT2D eigenvalue weighted by atomic mass is 9.99. The van der Waals surface area contributed by atoms with E-state index in [9.17, 15) is 9.59 Å². The third-order valence-corrected chi connectivity index (χ3v) is 5.48. The first-order chi connectivity index (χ1) is 13.0. The molecule has 1 amide bonds. The zero-order valence-corrected chi connectivity index (χ0v) is 16.5. The molecular weight excluding hydrogens is 360 g/mol. The largest absolute Gasteiger partial charge is 0.481 e. The second-order valence-corrected chi connectivity index (χ2v) is 7.68. The van der Waals surface area contributed by atoms with Crippen molar-refractivity contribution in [3.05, 3.63) is 47.8 Å². The smallest absolute Gasteiger partial charge is 0.307 e. The van der Waals surface area contributed by atoms with Gasteiger partial charge in [-0.05, 0) is 60.9 Å². The first-order valence-electron chi connectivity index (χ1n) is 9.13. The Kier molecular flexibility index (Phi) is 6.16. The lowest BCUT2D eigenvalue weighted by molar-refractivity contribution is -0.136. The highest BCUT2D eigenvalue weighted by Crippen LogP contribution is 2.33. The van der Waals surface area contributed by atoms with E-state index < -0.39 is 5.97 Å². The third-order valence-electron chi connectivity index (χ3n) is 4.75. The Bertz CT molecular complexity index is 849. The molecule has 1 heterocycles. The first kappa shape index (κ1) is 19.4. The number of carboxylic acids is 1. The van der Waals surface area contributed by atoms with Gasteiger partial charge in [0.15, 0.2) is 0 Å². The number of aliphatic carboxylic acids is 1. The monoisotopic (exact) mass is 384 g/mol. The second kappa shape index (κ2) is 8.57. The zero-order valence-electron chi connectivity index (χ0n) is 15.6. The first-order valence-corrected chi connectivity index (χ1v) is 10.4. The van der Waals surface area contributed by atoms with E-state index in [1.165, 1.54) is 0 Å². The van der Waals surface area contributed by atoms with Gasteiger partial charge in [0.1, 0.15) is 0 Å². The molecule has 1 saturated carbocycles. The number of nitrogens with zero attached hydrogens (tertiary/aromatic N) is 2. The van der Waals surface area contributed by atoms with Crippen molar-refractivity contribution in [2.75, 3.05) is 12.8 Å². The van der Waals surface area contributed by atoms with Crippen molar-refractivity contribution in [1.29, 1.82) is 0 Å². The summed E-state index contributed by atoms with van der Waals surface area (Å²) in [6, 6.07) is 8.08. The normalized spacial score (nSPS) is 13.4. The molecule has 0 radical (unpaired) electrons. The number of pyridine rings is 1. The molecule has 1 aliphatic rings. The van der Waals surface area contributed by atoms with Crippen LogP contribution < -0.4 is 0 Å². The maximum absolute atomic E-state index is 12.6. The Morgan fingerprint density at radius 3 is 2.67 bits per heavy atom. The van der Waals surface area contributed by atoms with Gasteiger partial charge in [0, 0.05) is 41.9 Å². The molecule has 5 nitrogen and oxygen atoms in total. The summed E-state index contributed by atoms with van der Waals surface area (Å²) >= 11 is 1.66. The van der Waals surface area contributed by atoms with E-state index in [-0.39, 0.29) is 18.2 Å². The maximum Gasteiger partial charge on any atom is 0.307 e. The Labute approximate surface area is 163 Å². The van der Waals surface area contributed by atoms with Crippen molar-refractivity contribution in [2.45, 2.75) is 37.6 Å². The number of carbonyl (C=O) groups is 2. The van der Waals surface area contributed by atoms with Crippen molar-refractivity contribution in [3.63, 3.8) is 0 Å². The SMILES string of the molecule is CCN(Cc1cc(SC)ccc1-c1cncc(CC(=O)O)c1)C(=O)C1CC1. The van der Waals surface area contributed by atoms with Crippen molar-refractivity contribution >= 4 is 23.6 Å². The van der Waals surface area contributed by atoms with E-state index in [1.54, 1.807) is 24.2 Å². The van der Waals surface area contributed by atoms with E-state index in [0.717, 1.165) is 34.4 Å². The van der Waals surface area contributed by atoms with Crippen LogP contribution >= 0.6 is 11.8 Å². The molecule has 1 aromatic carbocycles. The van der Waals surface area contributed by atoms with Crippen LogP contribution in [0.15, 0.2) is 41.6 Å². The molecule has 6 heteroatoms. The van der Waals surface area contributed by atoms with Gasteiger partial charge in [0.25, 0.3) is 0 Å². The van der Waals surface area contributed by atoms with Crippen LogP contribution in [0.25, 0.3) is 11.1 Å². The lowest BCUT2D eigenvalue weighted by Gasteiger charge is -2.23. The Morgan fingerprint density at radius 1 is 1.26 bits per heavy atom. The van der Waals surface area contributed by atoms with Gasteiger partial charge in [0.05, 0.1) is 6.42 Å². The van der Waals surface area contributed by atoms with Crippen LogP contribution in [0, 0.1) is 5.92 Å². The van der Waals surface area contributed by atoms with E-state index >= 15 is 0 Å². The molecule has 1 aliphatic carbocycles. The quantitative estimate of drug-likeness (QED) is 0.700. The molecule has 1 N–H and O–H groups in total. The van der Waals surface area contributed by atoms with E-state index in [1.807, 2.05) is 36.3 Å². The lowest BCUT2D eigenvalue weighted by Crippen LogP contribution is -2.31. The molecule has 0 saturated heterocycles. The minimum absolute atomic E-state index is 0.0552. The molecule has 1 fully saturated rings. The number of aromatic nitrogens is 1. The zero-order chi connectivity index (χ0) is 19.4. The number of hydrogen-bond donors (Lipinski definition) is 1. The van der Waals surface area contributed by atoms with Crippen molar-refractivity contribution < 1.29 is 14.7 Å². The van der Waals surface area contributed by atoms with E-state index in [2.05, 4.69) is 11.1 Å². The summed E-state index contributed by atoms with van der Waals surface area (Å²) in [5.41, 5.74) is 3.61. The number of carbonyl (C=O) groups excluding carboxylic acids is 1. The predicted octanol–water partition coefficient (Wildman–Crippen LogP) is 3.86. The van der Waals surface area contributed by atoms with Gasteiger partial charge in [-0.2, -0.15) is 0 Å². The summed E-state index contributed by atoms with van der Waals surface area (Å²) in [5, 5.41) is 9.05. The number of hydrogen-bond acceptors (Lipinski definition) is 4. The van der Waals surface area contributed by atoms with E-state index in [0.29, 0.717) is 18.7 Å². The molecule has 27 heavy (non-hydrogen) atoms. The molecular formula is C21H24N2O3S. The summed E-state index contributed by atoms with van der Waals surface area (Å²) in [7, 11) is 0. The van der Waals surface area contributed by atoms with Gasteiger partial charge in [-0.1, -0.05) is 6.07 Å². The van der Waals surface area contributed by atoms with Gasteiger partial charge >= 0.3 is 5.97 Å². The van der Waals surface area contributed by atoms with E-state index in [4.69, 9.17) is 5.11 Å². The van der Waals surface area contributed by atoms with Crippen molar-refractivity contribution in [1.82, 2.24) is 9.88 Å². The predicted molar refractivity (Wildman–Crippen MR) is 107 cm³/mol. The number of rotatable bonds is 8. The number of amides is 1. The van der Waals surface area contributed by atoms with Crippen LogP contribution in [0.1, 0.15) is 30.9 Å². The molecule has 3 rings (SSSR count). The topological polar surface area (TPSA) is 70.5 Å². The molecule has 0 aliphatic heterocycles. The van der Waals surface area contributed by atoms with Crippen LogP contribution in [0.4, 0.5) is 0 Å². The average molecular weight is 385 g/mol. The van der Waals surface area contributed by atoms with Crippen LogP contribution in [0.5, 0.6) is 0 Å². The third kappa shape index (κ3) is 4.89. The molecule has 0 atom stereocenters. The van der Waals surface area contributed by atoms with Crippen LogP contribution in [0.3, 0.4) is 0 Å². The fraction of sp³-hybridized carbons (Fsp3) is 0.381. The molecule has 2 aromatic rings.